The second kappa shape index (κ2) is 6.13. The molecule has 0 bridgehead atoms. The summed E-state index contributed by atoms with van der Waals surface area (Å²) in [6.45, 7) is 7.17. The lowest BCUT2D eigenvalue weighted by Gasteiger charge is -2.34. The van der Waals surface area contributed by atoms with Gasteiger partial charge in [-0.15, -0.1) is 0 Å². The van der Waals surface area contributed by atoms with Gasteiger partial charge in [0.05, 0.1) is 18.5 Å². The van der Waals surface area contributed by atoms with Crippen LogP contribution in [0.5, 0.6) is 0 Å². The van der Waals surface area contributed by atoms with Gasteiger partial charge in [-0.25, -0.2) is 8.42 Å². The van der Waals surface area contributed by atoms with Crippen LogP contribution in [0.1, 0.15) is 27.2 Å². The van der Waals surface area contributed by atoms with Crippen LogP contribution in [-0.4, -0.2) is 50.3 Å². The van der Waals surface area contributed by atoms with Gasteiger partial charge in [0.25, 0.3) is 0 Å². The van der Waals surface area contributed by atoms with Crippen molar-refractivity contribution in [2.75, 3.05) is 25.4 Å². The van der Waals surface area contributed by atoms with E-state index in [1.807, 2.05) is 20.8 Å². The third kappa shape index (κ3) is 4.54. The van der Waals surface area contributed by atoms with Crippen molar-refractivity contribution in [2.45, 2.75) is 39.3 Å². The zero-order chi connectivity index (χ0) is 13.1. The van der Waals surface area contributed by atoms with Gasteiger partial charge in [0.2, 0.25) is 10.0 Å². The monoisotopic (exact) mass is 264 g/mol. The molecule has 1 saturated heterocycles. The molecule has 102 valence electrons. The van der Waals surface area contributed by atoms with Gasteiger partial charge in [-0.1, -0.05) is 13.8 Å². The van der Waals surface area contributed by atoms with Gasteiger partial charge in [-0.2, -0.15) is 4.31 Å². The molecule has 1 heterocycles. The average molecular weight is 264 g/mol. The molecule has 2 atom stereocenters. The molecule has 1 aliphatic rings. The number of ether oxygens (including phenoxy) is 1. The molecular weight excluding hydrogens is 240 g/mol. The summed E-state index contributed by atoms with van der Waals surface area (Å²) in [5.41, 5.74) is 5.75. The van der Waals surface area contributed by atoms with E-state index in [1.165, 1.54) is 4.31 Å². The SMILES string of the molecule is CC(C)CCS(=O)(=O)N1CCOC(C(C)N)C1. The van der Waals surface area contributed by atoms with E-state index < -0.39 is 10.0 Å². The molecule has 0 aromatic carbocycles. The summed E-state index contributed by atoms with van der Waals surface area (Å²) in [4.78, 5) is 0. The Kier molecular flexibility index (Phi) is 5.37. The highest BCUT2D eigenvalue weighted by Gasteiger charge is 2.30. The van der Waals surface area contributed by atoms with E-state index >= 15 is 0 Å². The molecule has 0 amide bonds. The molecule has 1 fully saturated rings. The van der Waals surface area contributed by atoms with Crippen LogP contribution < -0.4 is 5.73 Å². The highest BCUT2D eigenvalue weighted by Crippen LogP contribution is 2.14. The fourth-order valence-electron chi connectivity index (χ4n) is 1.74. The molecule has 2 N–H and O–H groups in total. The molecule has 17 heavy (non-hydrogen) atoms. The molecule has 0 aliphatic carbocycles. The van der Waals surface area contributed by atoms with Crippen LogP contribution >= 0.6 is 0 Å². The number of nitrogens with zero attached hydrogens (tertiary/aromatic N) is 1. The fourth-order valence-corrected chi connectivity index (χ4v) is 3.49. The topological polar surface area (TPSA) is 72.6 Å². The van der Waals surface area contributed by atoms with Crippen molar-refractivity contribution in [1.29, 1.82) is 0 Å². The maximum Gasteiger partial charge on any atom is 0.214 e. The Hall–Kier alpha value is -0.170. The van der Waals surface area contributed by atoms with Gasteiger partial charge in [-0.05, 0) is 19.3 Å². The van der Waals surface area contributed by atoms with E-state index in [2.05, 4.69) is 0 Å². The van der Waals surface area contributed by atoms with E-state index in [4.69, 9.17) is 10.5 Å². The summed E-state index contributed by atoms with van der Waals surface area (Å²) in [6, 6.07) is -0.141. The summed E-state index contributed by atoms with van der Waals surface area (Å²) in [6.07, 6.45) is 0.514. The Morgan fingerprint density at radius 3 is 2.59 bits per heavy atom. The fraction of sp³-hybridized carbons (Fsp3) is 1.00. The number of hydrogen-bond donors (Lipinski definition) is 1. The maximum atomic E-state index is 12.1. The number of morpholine rings is 1. The largest absolute Gasteiger partial charge is 0.374 e. The molecule has 1 aliphatic heterocycles. The normalized spacial score (nSPS) is 25.1. The van der Waals surface area contributed by atoms with Crippen molar-refractivity contribution in [2.24, 2.45) is 11.7 Å². The molecule has 6 heteroatoms. The minimum atomic E-state index is -3.15. The Balaban J connectivity index is 2.59. The highest BCUT2D eigenvalue weighted by molar-refractivity contribution is 7.89. The summed E-state index contributed by atoms with van der Waals surface area (Å²) >= 11 is 0. The van der Waals surface area contributed by atoms with Crippen molar-refractivity contribution in [3.05, 3.63) is 0 Å². The van der Waals surface area contributed by atoms with E-state index in [0.717, 1.165) is 0 Å². The number of nitrogens with two attached hydrogens (primary N) is 1. The van der Waals surface area contributed by atoms with Gasteiger partial charge in [-0.3, -0.25) is 0 Å². The van der Waals surface area contributed by atoms with Crippen molar-refractivity contribution in [3.8, 4) is 0 Å². The summed E-state index contributed by atoms with van der Waals surface area (Å²) in [5, 5.41) is 0. The van der Waals surface area contributed by atoms with Crippen molar-refractivity contribution in [3.63, 3.8) is 0 Å². The van der Waals surface area contributed by atoms with E-state index in [1.54, 1.807) is 0 Å². The van der Waals surface area contributed by atoms with Crippen LogP contribution in [-0.2, 0) is 14.8 Å². The Morgan fingerprint density at radius 1 is 1.41 bits per heavy atom. The maximum absolute atomic E-state index is 12.1. The van der Waals surface area contributed by atoms with Crippen LogP contribution in [0.2, 0.25) is 0 Å². The first kappa shape index (κ1) is 14.9. The van der Waals surface area contributed by atoms with Crippen LogP contribution in [0.15, 0.2) is 0 Å². The lowest BCUT2D eigenvalue weighted by molar-refractivity contribution is -0.0120. The van der Waals surface area contributed by atoms with Gasteiger partial charge in [0.1, 0.15) is 0 Å². The van der Waals surface area contributed by atoms with Crippen molar-refractivity contribution < 1.29 is 13.2 Å². The number of hydrogen-bond acceptors (Lipinski definition) is 4. The van der Waals surface area contributed by atoms with E-state index in [-0.39, 0.29) is 17.9 Å². The number of rotatable bonds is 5. The standard InChI is InChI=1S/C11H24N2O3S/c1-9(2)4-7-17(14,15)13-5-6-16-11(8-13)10(3)12/h9-11H,4-8,12H2,1-3H3. The van der Waals surface area contributed by atoms with Crippen molar-refractivity contribution >= 4 is 10.0 Å². The molecule has 0 aromatic heterocycles. The smallest absolute Gasteiger partial charge is 0.214 e. The summed E-state index contributed by atoms with van der Waals surface area (Å²) in [7, 11) is -3.15. The zero-order valence-corrected chi connectivity index (χ0v) is 11.7. The lowest BCUT2D eigenvalue weighted by Crippen LogP contribution is -2.51. The van der Waals surface area contributed by atoms with Gasteiger partial charge < -0.3 is 10.5 Å². The minimum absolute atomic E-state index is 0.141. The van der Waals surface area contributed by atoms with Crippen molar-refractivity contribution in [1.82, 2.24) is 4.31 Å². The van der Waals surface area contributed by atoms with Crippen LogP contribution in [0.25, 0.3) is 0 Å². The van der Waals surface area contributed by atoms with Crippen LogP contribution in [0.4, 0.5) is 0 Å². The Labute approximate surface area is 104 Å². The average Bonchev–Trinajstić information content (AvgIpc) is 2.27. The zero-order valence-electron chi connectivity index (χ0n) is 10.9. The summed E-state index contributed by atoms with van der Waals surface area (Å²) in [5.74, 6) is 0.617. The predicted octanol–water partition coefficient (Wildman–Crippen LogP) is 0.410. The Bertz CT molecular complexity index is 328. The molecule has 0 saturated carbocycles. The molecule has 1 rings (SSSR count). The van der Waals surface area contributed by atoms with Crippen LogP contribution in [0.3, 0.4) is 0 Å². The van der Waals surface area contributed by atoms with Gasteiger partial charge in [0, 0.05) is 19.1 Å². The highest BCUT2D eigenvalue weighted by atomic mass is 32.2. The number of sulfonamides is 1. The van der Waals surface area contributed by atoms with E-state index in [9.17, 15) is 8.42 Å². The second-order valence-electron chi connectivity index (χ2n) is 5.12. The molecule has 2 unspecified atom stereocenters. The molecular formula is C11H24N2O3S. The first-order chi connectivity index (χ1) is 7.83. The Morgan fingerprint density at radius 2 is 2.06 bits per heavy atom. The predicted molar refractivity (Wildman–Crippen MR) is 68.2 cm³/mol. The summed E-state index contributed by atoms with van der Waals surface area (Å²) < 4.78 is 31.2. The quantitative estimate of drug-likeness (QED) is 0.780. The lowest BCUT2D eigenvalue weighted by atomic mass is 10.2. The van der Waals surface area contributed by atoms with E-state index in [0.29, 0.717) is 32.0 Å². The first-order valence-corrected chi connectivity index (χ1v) is 7.79. The van der Waals surface area contributed by atoms with Crippen LogP contribution in [0, 0.1) is 5.92 Å². The molecule has 0 aromatic rings. The minimum Gasteiger partial charge on any atom is -0.374 e. The van der Waals surface area contributed by atoms with Gasteiger partial charge >= 0.3 is 0 Å². The molecule has 0 spiro atoms. The third-order valence-electron chi connectivity index (χ3n) is 2.99. The third-order valence-corrected chi connectivity index (χ3v) is 4.86. The molecule has 0 radical (unpaired) electrons. The first-order valence-electron chi connectivity index (χ1n) is 6.18. The molecule has 5 nitrogen and oxygen atoms in total. The second-order valence-corrected chi connectivity index (χ2v) is 7.21. The van der Waals surface area contributed by atoms with Gasteiger partial charge in [0.15, 0.2) is 0 Å².